The van der Waals surface area contributed by atoms with Gasteiger partial charge in [0.2, 0.25) is 0 Å². The van der Waals surface area contributed by atoms with E-state index in [2.05, 4.69) is 26.6 Å². The molecule has 1 heterocycles. The van der Waals surface area contributed by atoms with Crippen LogP contribution in [0.1, 0.15) is 16.1 Å². The van der Waals surface area contributed by atoms with Gasteiger partial charge >= 0.3 is 0 Å². The summed E-state index contributed by atoms with van der Waals surface area (Å²) < 4.78 is 23.9. The molecule has 0 fully saturated rings. The van der Waals surface area contributed by atoms with E-state index in [1.54, 1.807) is 30.3 Å². The van der Waals surface area contributed by atoms with Crippen molar-refractivity contribution in [3.63, 3.8) is 0 Å². The number of carbonyl (C=O) groups excluding carboxylic acids is 2. The largest absolute Gasteiger partial charge is 0.483 e. The number of carbonyl (C=O) groups is 2. The highest BCUT2D eigenvalue weighted by Crippen LogP contribution is 2.25. The van der Waals surface area contributed by atoms with E-state index >= 15 is 0 Å². The Bertz CT molecular complexity index is 976. The number of halogens is 2. The zero-order valence-electron chi connectivity index (χ0n) is 14.6. The Morgan fingerprint density at radius 3 is 2.71 bits per heavy atom. The van der Waals surface area contributed by atoms with E-state index in [0.717, 1.165) is 5.56 Å². The highest BCUT2D eigenvalue weighted by atomic mass is 79.9. The molecule has 3 aromatic rings. The molecule has 6 nitrogen and oxygen atoms in total. The van der Waals surface area contributed by atoms with Crippen LogP contribution in [0.15, 0.2) is 69.8 Å². The van der Waals surface area contributed by atoms with Crippen LogP contribution in [0, 0.1) is 5.82 Å². The van der Waals surface area contributed by atoms with Gasteiger partial charge < -0.3 is 19.8 Å². The maximum atomic E-state index is 13.1. The van der Waals surface area contributed by atoms with Gasteiger partial charge in [0.1, 0.15) is 11.6 Å². The lowest BCUT2D eigenvalue weighted by atomic mass is 10.2. The SMILES string of the molecule is O=C(COc1ccc(F)cc1Br)NCc1cccc(NC(=O)c2ccco2)c1. The Morgan fingerprint density at radius 2 is 1.96 bits per heavy atom. The molecule has 0 spiro atoms. The summed E-state index contributed by atoms with van der Waals surface area (Å²) in [6.45, 7) is 0.0520. The summed E-state index contributed by atoms with van der Waals surface area (Å²) in [5, 5.41) is 5.45. The molecule has 2 aromatic carbocycles. The van der Waals surface area contributed by atoms with Crippen molar-refractivity contribution in [1.82, 2.24) is 5.32 Å². The topological polar surface area (TPSA) is 80.6 Å². The van der Waals surface area contributed by atoms with Crippen molar-refractivity contribution < 1.29 is 23.1 Å². The summed E-state index contributed by atoms with van der Waals surface area (Å²) >= 11 is 3.18. The van der Waals surface area contributed by atoms with Crippen LogP contribution in [0.5, 0.6) is 5.75 Å². The molecule has 144 valence electrons. The summed E-state index contributed by atoms with van der Waals surface area (Å²) in [5.41, 5.74) is 1.38. The summed E-state index contributed by atoms with van der Waals surface area (Å²) in [6.07, 6.45) is 1.42. The molecule has 0 saturated heterocycles. The van der Waals surface area contributed by atoms with Gasteiger partial charge in [-0.3, -0.25) is 9.59 Å². The van der Waals surface area contributed by atoms with E-state index in [1.807, 2.05) is 6.07 Å². The molecule has 0 unspecified atom stereocenters. The predicted octanol–water partition coefficient (Wildman–Crippen LogP) is 4.13. The zero-order valence-corrected chi connectivity index (χ0v) is 16.2. The van der Waals surface area contributed by atoms with E-state index in [1.165, 1.54) is 24.5 Å². The summed E-state index contributed by atoms with van der Waals surface area (Å²) in [4.78, 5) is 24.0. The average molecular weight is 447 g/mol. The third-order valence-corrected chi connectivity index (χ3v) is 4.29. The van der Waals surface area contributed by atoms with E-state index in [-0.39, 0.29) is 30.7 Å². The Balaban J connectivity index is 1.50. The highest BCUT2D eigenvalue weighted by Gasteiger charge is 2.10. The summed E-state index contributed by atoms with van der Waals surface area (Å²) in [7, 11) is 0. The first-order valence-electron chi connectivity index (χ1n) is 8.29. The molecule has 3 rings (SSSR count). The molecule has 8 heteroatoms. The first-order valence-corrected chi connectivity index (χ1v) is 9.09. The van der Waals surface area contributed by atoms with E-state index in [9.17, 15) is 14.0 Å². The molecule has 0 saturated carbocycles. The van der Waals surface area contributed by atoms with Crippen molar-refractivity contribution in [1.29, 1.82) is 0 Å². The van der Waals surface area contributed by atoms with Gasteiger partial charge in [-0.15, -0.1) is 0 Å². The zero-order chi connectivity index (χ0) is 19.9. The van der Waals surface area contributed by atoms with Crippen molar-refractivity contribution in [2.24, 2.45) is 0 Å². The standard InChI is InChI=1S/C20H16BrFN2O4/c21-16-10-14(22)6-7-17(16)28-12-19(25)23-11-13-3-1-4-15(9-13)24-20(26)18-5-2-8-27-18/h1-10H,11-12H2,(H,23,25)(H,24,26). The van der Waals surface area contributed by atoms with E-state index < -0.39 is 5.82 Å². The Kier molecular flexibility index (Phi) is 6.44. The fraction of sp³-hybridized carbons (Fsp3) is 0.100. The lowest BCUT2D eigenvalue weighted by Crippen LogP contribution is -2.28. The van der Waals surface area contributed by atoms with Gasteiger partial charge in [-0.1, -0.05) is 12.1 Å². The Morgan fingerprint density at radius 1 is 1.11 bits per heavy atom. The van der Waals surface area contributed by atoms with Crippen LogP contribution in [0.4, 0.5) is 10.1 Å². The molecule has 0 atom stereocenters. The van der Waals surface area contributed by atoms with Crippen LogP contribution in [-0.4, -0.2) is 18.4 Å². The van der Waals surface area contributed by atoms with E-state index in [0.29, 0.717) is 15.9 Å². The molecular weight excluding hydrogens is 431 g/mol. The molecule has 28 heavy (non-hydrogen) atoms. The van der Waals surface area contributed by atoms with Crippen molar-refractivity contribution in [2.45, 2.75) is 6.54 Å². The van der Waals surface area contributed by atoms with E-state index in [4.69, 9.17) is 9.15 Å². The molecule has 0 aliphatic rings. The summed E-state index contributed by atoms with van der Waals surface area (Å²) in [5.74, 6) is -0.504. The van der Waals surface area contributed by atoms with Gasteiger partial charge in [0, 0.05) is 12.2 Å². The quantitative estimate of drug-likeness (QED) is 0.571. The smallest absolute Gasteiger partial charge is 0.291 e. The molecule has 0 aliphatic heterocycles. The molecule has 2 amide bonds. The minimum absolute atomic E-state index is 0.209. The minimum Gasteiger partial charge on any atom is -0.483 e. The van der Waals surface area contributed by atoms with Gasteiger partial charge in [0.05, 0.1) is 10.7 Å². The van der Waals surface area contributed by atoms with Gasteiger partial charge in [-0.05, 0) is 64.0 Å². The second-order valence-electron chi connectivity index (χ2n) is 5.77. The van der Waals surface area contributed by atoms with Gasteiger partial charge in [0.15, 0.2) is 12.4 Å². The maximum Gasteiger partial charge on any atom is 0.291 e. The molecule has 0 aliphatic carbocycles. The van der Waals surface area contributed by atoms with Crippen molar-refractivity contribution >= 4 is 33.4 Å². The number of anilines is 1. The highest BCUT2D eigenvalue weighted by molar-refractivity contribution is 9.10. The van der Waals surface area contributed by atoms with Crippen molar-refractivity contribution in [3.8, 4) is 5.75 Å². The second kappa shape index (κ2) is 9.18. The van der Waals surface area contributed by atoms with Gasteiger partial charge in [-0.25, -0.2) is 4.39 Å². The predicted molar refractivity (Wildman–Crippen MR) is 105 cm³/mol. The fourth-order valence-electron chi connectivity index (χ4n) is 2.35. The maximum absolute atomic E-state index is 13.1. The second-order valence-corrected chi connectivity index (χ2v) is 6.63. The van der Waals surface area contributed by atoms with Gasteiger partial charge in [0.25, 0.3) is 11.8 Å². The van der Waals surface area contributed by atoms with Crippen molar-refractivity contribution in [2.75, 3.05) is 11.9 Å². The molecule has 0 radical (unpaired) electrons. The first-order chi connectivity index (χ1) is 13.5. The number of furan rings is 1. The third-order valence-electron chi connectivity index (χ3n) is 3.67. The number of amides is 2. The number of hydrogen-bond donors (Lipinski definition) is 2. The van der Waals surface area contributed by atoms with Crippen LogP contribution in [-0.2, 0) is 11.3 Å². The molecule has 2 N–H and O–H groups in total. The number of hydrogen-bond acceptors (Lipinski definition) is 4. The van der Waals surface area contributed by atoms with Crippen LogP contribution in [0.25, 0.3) is 0 Å². The number of benzene rings is 2. The minimum atomic E-state index is -0.400. The van der Waals surface area contributed by atoms with Crippen LogP contribution in [0.2, 0.25) is 0 Å². The van der Waals surface area contributed by atoms with Gasteiger partial charge in [-0.2, -0.15) is 0 Å². The number of rotatable bonds is 7. The monoisotopic (exact) mass is 446 g/mol. The lowest BCUT2D eigenvalue weighted by molar-refractivity contribution is -0.123. The normalized spacial score (nSPS) is 10.4. The van der Waals surface area contributed by atoms with Crippen LogP contribution < -0.4 is 15.4 Å². The van der Waals surface area contributed by atoms with Crippen molar-refractivity contribution in [3.05, 3.63) is 82.5 Å². The molecule has 0 bridgehead atoms. The fourth-order valence-corrected chi connectivity index (χ4v) is 2.81. The number of ether oxygens (including phenoxy) is 1. The van der Waals surface area contributed by atoms with Crippen LogP contribution >= 0.6 is 15.9 Å². The first kappa shape index (κ1) is 19.6. The Hall–Kier alpha value is -3.13. The molecule has 1 aromatic heterocycles. The third kappa shape index (κ3) is 5.43. The lowest BCUT2D eigenvalue weighted by Gasteiger charge is -2.10. The average Bonchev–Trinajstić information content (AvgIpc) is 3.21. The Labute approximate surface area is 168 Å². The summed E-state index contributed by atoms with van der Waals surface area (Å²) in [6, 6.07) is 14.2. The van der Waals surface area contributed by atoms with Crippen LogP contribution in [0.3, 0.4) is 0 Å². The number of nitrogens with one attached hydrogen (secondary N) is 2. The molecular formula is C20H16BrFN2O4.